The molecule has 1 amide bonds. The van der Waals surface area contributed by atoms with Crippen molar-refractivity contribution in [1.82, 2.24) is 5.16 Å². The number of benzene rings is 3. The predicted octanol–water partition coefficient (Wildman–Crippen LogP) is 5.17. The van der Waals surface area contributed by atoms with Gasteiger partial charge in [-0.1, -0.05) is 47.6 Å². The largest absolute Gasteiger partial charge is 0.508 e. The topological polar surface area (TPSA) is 105 Å². The summed E-state index contributed by atoms with van der Waals surface area (Å²) in [6.07, 6.45) is 1.29. The second kappa shape index (κ2) is 9.48. The summed E-state index contributed by atoms with van der Waals surface area (Å²) in [7, 11) is 1.58. The maximum atomic E-state index is 11.7. The second-order valence-corrected chi connectivity index (χ2v) is 7.63. The Morgan fingerprint density at radius 3 is 2.39 bits per heavy atom. The maximum absolute atomic E-state index is 11.7. The first-order valence-electron chi connectivity index (χ1n) is 10.5. The van der Waals surface area contributed by atoms with E-state index in [1.807, 2.05) is 42.5 Å². The third-order valence-corrected chi connectivity index (χ3v) is 5.34. The third kappa shape index (κ3) is 4.82. The number of phenolic OH excluding ortho intramolecular Hbond substituents is 2. The highest BCUT2D eigenvalue weighted by Crippen LogP contribution is 2.43. The van der Waals surface area contributed by atoms with Crippen LogP contribution in [-0.4, -0.2) is 28.4 Å². The molecule has 3 N–H and O–H groups in total. The highest BCUT2D eigenvalue weighted by molar-refractivity contribution is 5.97. The minimum Gasteiger partial charge on any atom is -0.508 e. The Hall–Kier alpha value is -4.26. The highest BCUT2D eigenvalue weighted by atomic mass is 16.5. The molecule has 0 saturated heterocycles. The minimum absolute atomic E-state index is 0.00348. The lowest BCUT2D eigenvalue weighted by molar-refractivity contribution is -0.114. The van der Waals surface area contributed by atoms with E-state index in [0.29, 0.717) is 40.1 Å². The summed E-state index contributed by atoms with van der Waals surface area (Å²) in [5.41, 5.74) is 3.78. The molecule has 0 radical (unpaired) electrons. The average Bonchev–Trinajstić information content (AvgIpc) is 3.21. The number of amides is 1. The average molecular weight is 444 g/mol. The van der Waals surface area contributed by atoms with Gasteiger partial charge in [-0.25, -0.2) is 0 Å². The zero-order valence-electron chi connectivity index (χ0n) is 18.3. The van der Waals surface area contributed by atoms with Crippen LogP contribution >= 0.6 is 0 Å². The summed E-state index contributed by atoms with van der Waals surface area (Å²) in [6.45, 7) is 1.37. The van der Waals surface area contributed by atoms with Gasteiger partial charge in [0.2, 0.25) is 11.8 Å². The van der Waals surface area contributed by atoms with Crippen molar-refractivity contribution in [3.05, 3.63) is 77.9 Å². The number of methoxy groups -OCH3 is 1. The van der Waals surface area contributed by atoms with Gasteiger partial charge in [-0.2, -0.15) is 0 Å². The van der Waals surface area contributed by atoms with Crippen molar-refractivity contribution in [3.63, 3.8) is 0 Å². The predicted molar refractivity (Wildman–Crippen MR) is 125 cm³/mol. The summed E-state index contributed by atoms with van der Waals surface area (Å²) >= 11 is 0. The van der Waals surface area contributed by atoms with Gasteiger partial charge in [0.25, 0.3) is 0 Å². The molecule has 7 heteroatoms. The van der Waals surface area contributed by atoms with Gasteiger partial charge in [-0.05, 0) is 47.7 Å². The molecule has 0 bridgehead atoms. The number of aryl methyl sites for hydroxylation is 2. The fraction of sp³-hybridized carbons (Fsp3) is 0.154. The first-order valence-corrected chi connectivity index (χ1v) is 10.5. The summed E-state index contributed by atoms with van der Waals surface area (Å²) in [5, 5.41) is 27.9. The van der Waals surface area contributed by atoms with Crippen LogP contribution in [0.4, 0.5) is 5.88 Å². The van der Waals surface area contributed by atoms with Crippen molar-refractivity contribution < 1.29 is 24.3 Å². The molecule has 33 heavy (non-hydrogen) atoms. The van der Waals surface area contributed by atoms with Crippen LogP contribution in [0.3, 0.4) is 0 Å². The van der Waals surface area contributed by atoms with Crippen LogP contribution in [0.15, 0.2) is 71.3 Å². The SMILES string of the molecule is COc1ccc(-c2c(-c3cc(CCc4ccccc4)c(O)cc3O)noc2NC(C)=O)cc1. The summed E-state index contributed by atoms with van der Waals surface area (Å²) < 4.78 is 10.7. The number of ether oxygens (including phenoxy) is 1. The molecular formula is C26H24N2O5. The van der Waals surface area contributed by atoms with Gasteiger partial charge in [0.15, 0.2) is 0 Å². The Balaban J connectivity index is 1.77. The molecule has 1 aromatic heterocycles. The zero-order chi connectivity index (χ0) is 23.4. The van der Waals surface area contributed by atoms with E-state index in [2.05, 4.69) is 10.5 Å². The molecule has 1 heterocycles. The Bertz CT molecular complexity index is 1260. The van der Waals surface area contributed by atoms with Crippen molar-refractivity contribution in [1.29, 1.82) is 0 Å². The molecule has 0 aliphatic rings. The molecule has 7 nitrogen and oxygen atoms in total. The fourth-order valence-corrected chi connectivity index (χ4v) is 3.68. The maximum Gasteiger partial charge on any atom is 0.239 e. The molecule has 0 fully saturated rings. The molecule has 4 aromatic rings. The van der Waals surface area contributed by atoms with Crippen LogP contribution in [-0.2, 0) is 17.6 Å². The van der Waals surface area contributed by atoms with Crippen LogP contribution in [0.2, 0.25) is 0 Å². The zero-order valence-corrected chi connectivity index (χ0v) is 18.3. The Morgan fingerprint density at radius 1 is 1.00 bits per heavy atom. The number of rotatable bonds is 7. The van der Waals surface area contributed by atoms with Gasteiger partial charge >= 0.3 is 0 Å². The van der Waals surface area contributed by atoms with E-state index in [0.717, 1.165) is 12.0 Å². The Morgan fingerprint density at radius 2 is 1.73 bits per heavy atom. The number of aromatic hydroxyl groups is 2. The fourth-order valence-electron chi connectivity index (χ4n) is 3.68. The molecule has 0 aliphatic carbocycles. The number of hydrogen-bond donors (Lipinski definition) is 3. The smallest absolute Gasteiger partial charge is 0.239 e. The third-order valence-electron chi connectivity index (χ3n) is 5.34. The number of anilines is 1. The molecule has 0 atom stereocenters. The lowest BCUT2D eigenvalue weighted by atomic mass is 9.96. The van der Waals surface area contributed by atoms with Gasteiger partial charge in [0.05, 0.1) is 12.7 Å². The van der Waals surface area contributed by atoms with Crippen LogP contribution < -0.4 is 10.1 Å². The van der Waals surface area contributed by atoms with E-state index in [1.165, 1.54) is 13.0 Å². The summed E-state index contributed by atoms with van der Waals surface area (Å²) in [6, 6.07) is 20.1. The van der Waals surface area contributed by atoms with Crippen molar-refractivity contribution in [3.8, 4) is 39.6 Å². The Labute approximate surface area is 191 Å². The van der Waals surface area contributed by atoms with Gasteiger partial charge in [-0.15, -0.1) is 0 Å². The number of aromatic nitrogens is 1. The van der Waals surface area contributed by atoms with E-state index in [9.17, 15) is 15.0 Å². The quantitative estimate of drug-likeness (QED) is 0.363. The summed E-state index contributed by atoms with van der Waals surface area (Å²) in [5.74, 6) is 0.387. The van der Waals surface area contributed by atoms with Crippen molar-refractivity contribution >= 4 is 11.8 Å². The van der Waals surface area contributed by atoms with Gasteiger partial charge in [-0.3, -0.25) is 10.1 Å². The number of nitrogens with zero attached hydrogens (tertiary/aromatic N) is 1. The first-order chi connectivity index (χ1) is 16.0. The Kier molecular flexibility index (Phi) is 6.31. The van der Waals surface area contributed by atoms with E-state index < -0.39 is 0 Å². The van der Waals surface area contributed by atoms with Gasteiger partial charge in [0.1, 0.15) is 22.9 Å². The lowest BCUT2D eigenvalue weighted by Crippen LogP contribution is -2.05. The van der Waals surface area contributed by atoms with Crippen molar-refractivity contribution in [2.75, 3.05) is 12.4 Å². The number of carbonyl (C=O) groups is 1. The van der Waals surface area contributed by atoms with Gasteiger partial charge in [0, 0.05) is 18.6 Å². The number of carbonyl (C=O) groups excluding carboxylic acids is 1. The highest BCUT2D eigenvalue weighted by Gasteiger charge is 2.23. The molecule has 0 unspecified atom stereocenters. The molecule has 0 aliphatic heterocycles. The molecule has 0 saturated carbocycles. The monoisotopic (exact) mass is 444 g/mol. The second-order valence-electron chi connectivity index (χ2n) is 7.63. The van der Waals surface area contributed by atoms with Crippen molar-refractivity contribution in [2.24, 2.45) is 0 Å². The van der Waals surface area contributed by atoms with E-state index >= 15 is 0 Å². The van der Waals surface area contributed by atoms with E-state index in [4.69, 9.17) is 9.26 Å². The standard InChI is InChI=1S/C26H24N2O5/c1-16(29)27-26-24(18-10-12-20(32-2)13-11-18)25(28-33-26)21-14-19(22(30)15-23(21)31)9-8-17-6-4-3-5-7-17/h3-7,10-15,30-31H,8-9H2,1-2H3,(H,27,29). The summed E-state index contributed by atoms with van der Waals surface area (Å²) in [4.78, 5) is 11.7. The van der Waals surface area contributed by atoms with Gasteiger partial charge < -0.3 is 19.5 Å². The molecular weight excluding hydrogens is 420 g/mol. The minimum atomic E-state index is -0.314. The van der Waals surface area contributed by atoms with E-state index in [-0.39, 0.29) is 23.3 Å². The molecule has 3 aromatic carbocycles. The molecule has 168 valence electrons. The van der Waals surface area contributed by atoms with E-state index in [1.54, 1.807) is 25.3 Å². The van der Waals surface area contributed by atoms with Crippen LogP contribution in [0, 0.1) is 0 Å². The lowest BCUT2D eigenvalue weighted by Gasteiger charge is -2.11. The van der Waals surface area contributed by atoms with Crippen LogP contribution in [0.1, 0.15) is 18.1 Å². The van der Waals surface area contributed by atoms with Crippen LogP contribution in [0.5, 0.6) is 17.2 Å². The number of nitrogens with one attached hydrogen (secondary N) is 1. The number of hydrogen-bond acceptors (Lipinski definition) is 6. The molecule has 4 rings (SSSR count). The number of phenols is 2. The first kappa shape index (κ1) is 22.0. The normalized spacial score (nSPS) is 10.7. The molecule has 0 spiro atoms. The van der Waals surface area contributed by atoms with Crippen LogP contribution in [0.25, 0.3) is 22.4 Å². The van der Waals surface area contributed by atoms with Crippen molar-refractivity contribution in [2.45, 2.75) is 19.8 Å².